The lowest BCUT2D eigenvalue weighted by Crippen LogP contribution is -2.19. The van der Waals surface area contributed by atoms with E-state index in [2.05, 4.69) is 36.4 Å². The number of aromatic nitrogens is 1. The van der Waals surface area contributed by atoms with Crippen molar-refractivity contribution in [2.24, 2.45) is 10.2 Å². The second-order valence-electron chi connectivity index (χ2n) is 5.71. The van der Waals surface area contributed by atoms with Gasteiger partial charge in [-0.15, -0.1) is 16.4 Å². The topological polar surface area (TPSA) is 66.7 Å². The average Bonchev–Trinajstić information content (AvgIpc) is 3.31. The molecular weight excluding hydrogens is 456 g/mol. The smallest absolute Gasteiger partial charge is 0.264 e. The molecule has 8 heteroatoms. The van der Waals surface area contributed by atoms with Crippen molar-refractivity contribution in [3.05, 3.63) is 80.6 Å². The molecule has 0 radical (unpaired) electrons. The Kier molecular flexibility index (Phi) is 5.80. The highest BCUT2D eigenvalue weighted by Crippen LogP contribution is 2.26. The van der Waals surface area contributed by atoms with Gasteiger partial charge >= 0.3 is 0 Å². The van der Waals surface area contributed by atoms with Crippen LogP contribution in [0.5, 0.6) is 0 Å². The number of nitrogens with zero attached hydrogens (tertiary/aromatic N) is 3. The molecule has 0 bridgehead atoms. The molecule has 5 nitrogen and oxygen atoms in total. The molecule has 0 saturated carbocycles. The summed E-state index contributed by atoms with van der Waals surface area (Å²) in [6.07, 6.45) is 3.41. The van der Waals surface area contributed by atoms with Crippen LogP contribution < -0.4 is 5.32 Å². The molecule has 138 valence electrons. The minimum absolute atomic E-state index is 0.179. The highest BCUT2D eigenvalue weighted by atomic mass is 79.9. The third-order valence-corrected chi connectivity index (χ3v) is 6.04. The van der Waals surface area contributed by atoms with E-state index >= 15 is 0 Å². The summed E-state index contributed by atoms with van der Waals surface area (Å²) in [5, 5.41) is 14.2. The summed E-state index contributed by atoms with van der Waals surface area (Å²) in [5.74, 6) is -0.179. The molecule has 3 aromatic rings. The molecule has 0 spiro atoms. The Hall–Kier alpha value is -2.55. The SMILES string of the molecule is O=C1N/C(=N/N=C/c2csc(-c3ccccc3)n2)S/C1=C/c1ccc(Br)cc1. The van der Waals surface area contributed by atoms with Crippen molar-refractivity contribution >= 4 is 62.4 Å². The zero-order valence-corrected chi connectivity index (χ0v) is 17.6. The number of hydrogen-bond donors (Lipinski definition) is 1. The third kappa shape index (κ3) is 4.64. The van der Waals surface area contributed by atoms with Gasteiger partial charge in [-0.25, -0.2) is 4.98 Å². The van der Waals surface area contributed by atoms with Gasteiger partial charge in [0, 0.05) is 15.4 Å². The lowest BCUT2D eigenvalue weighted by molar-refractivity contribution is -0.115. The fourth-order valence-electron chi connectivity index (χ4n) is 2.38. The highest BCUT2D eigenvalue weighted by molar-refractivity contribution is 9.10. The Balaban J connectivity index is 1.43. The number of amides is 1. The molecule has 28 heavy (non-hydrogen) atoms. The van der Waals surface area contributed by atoms with Crippen molar-refractivity contribution in [3.63, 3.8) is 0 Å². The number of benzene rings is 2. The van der Waals surface area contributed by atoms with Crippen LogP contribution in [-0.2, 0) is 4.79 Å². The van der Waals surface area contributed by atoms with Crippen molar-refractivity contribution < 1.29 is 4.79 Å². The molecule has 0 atom stereocenters. The van der Waals surface area contributed by atoms with Gasteiger partial charge in [0.25, 0.3) is 5.91 Å². The Bertz CT molecular complexity index is 1090. The first-order chi connectivity index (χ1) is 13.7. The summed E-state index contributed by atoms with van der Waals surface area (Å²) < 4.78 is 0.993. The van der Waals surface area contributed by atoms with Crippen LogP contribution in [0.1, 0.15) is 11.3 Å². The summed E-state index contributed by atoms with van der Waals surface area (Å²) in [6.45, 7) is 0. The Morgan fingerprint density at radius 2 is 1.86 bits per heavy atom. The number of amidine groups is 1. The third-order valence-electron chi connectivity index (χ3n) is 3.70. The van der Waals surface area contributed by atoms with Crippen LogP contribution in [0.3, 0.4) is 0 Å². The number of carbonyl (C=O) groups excluding carboxylic acids is 1. The van der Waals surface area contributed by atoms with Crippen molar-refractivity contribution in [1.82, 2.24) is 10.3 Å². The van der Waals surface area contributed by atoms with Crippen LogP contribution in [0.2, 0.25) is 0 Å². The van der Waals surface area contributed by atoms with Crippen LogP contribution in [0.4, 0.5) is 0 Å². The summed E-state index contributed by atoms with van der Waals surface area (Å²) in [5.41, 5.74) is 2.74. The molecule has 1 aliphatic rings. The van der Waals surface area contributed by atoms with E-state index in [0.29, 0.717) is 10.1 Å². The fourth-order valence-corrected chi connectivity index (χ4v) is 4.20. The summed E-state index contributed by atoms with van der Waals surface area (Å²) >= 11 is 6.21. The molecule has 0 unspecified atom stereocenters. The Morgan fingerprint density at radius 3 is 2.64 bits per heavy atom. The van der Waals surface area contributed by atoms with Crippen molar-refractivity contribution in [2.75, 3.05) is 0 Å². The lowest BCUT2D eigenvalue weighted by Gasteiger charge is -1.95. The standard InChI is InChI=1S/C20H13BrN4OS2/c21-15-8-6-13(7-9-15)10-17-18(26)24-20(28-17)25-22-11-16-12-27-19(23-16)14-4-2-1-3-5-14/h1-12H,(H,24,25,26)/b17-10+,22-11+. The van der Waals surface area contributed by atoms with Crippen LogP contribution >= 0.6 is 39.0 Å². The first-order valence-corrected chi connectivity index (χ1v) is 10.7. The van der Waals surface area contributed by atoms with Gasteiger partial charge in [-0.1, -0.05) is 58.4 Å². The molecule has 1 amide bonds. The van der Waals surface area contributed by atoms with Gasteiger partial charge in [0.1, 0.15) is 5.01 Å². The predicted octanol–water partition coefficient (Wildman–Crippen LogP) is 5.17. The molecule has 2 aromatic carbocycles. The Labute approximate surface area is 178 Å². The van der Waals surface area contributed by atoms with Gasteiger partial charge in [-0.3, -0.25) is 10.1 Å². The molecule has 0 aliphatic carbocycles. The average molecular weight is 469 g/mol. The van der Waals surface area contributed by atoms with E-state index in [9.17, 15) is 4.79 Å². The van der Waals surface area contributed by atoms with Gasteiger partial charge in [0.2, 0.25) is 0 Å². The van der Waals surface area contributed by atoms with Gasteiger partial charge in [0.05, 0.1) is 16.8 Å². The van der Waals surface area contributed by atoms with E-state index < -0.39 is 0 Å². The molecule has 1 aromatic heterocycles. The quantitative estimate of drug-likeness (QED) is 0.326. The van der Waals surface area contributed by atoms with Crippen molar-refractivity contribution in [3.8, 4) is 10.6 Å². The number of hydrogen-bond acceptors (Lipinski definition) is 6. The van der Waals surface area contributed by atoms with E-state index in [4.69, 9.17) is 0 Å². The normalized spacial score (nSPS) is 17.0. The minimum Gasteiger partial charge on any atom is -0.299 e. The zero-order chi connectivity index (χ0) is 19.3. The van der Waals surface area contributed by atoms with Crippen LogP contribution in [-0.4, -0.2) is 22.3 Å². The molecule has 1 N–H and O–H groups in total. The number of rotatable bonds is 4. The van der Waals surface area contributed by atoms with Gasteiger partial charge in [0.15, 0.2) is 5.17 Å². The van der Waals surface area contributed by atoms with Crippen LogP contribution in [0.25, 0.3) is 16.6 Å². The van der Waals surface area contributed by atoms with Crippen molar-refractivity contribution in [2.45, 2.75) is 0 Å². The van der Waals surface area contributed by atoms with E-state index in [1.807, 2.05) is 66.1 Å². The molecule has 4 rings (SSSR count). The molecule has 1 saturated heterocycles. The first kappa shape index (κ1) is 18.8. The van der Waals surface area contributed by atoms with E-state index in [-0.39, 0.29) is 5.91 Å². The van der Waals surface area contributed by atoms with Gasteiger partial charge in [-0.05, 0) is 35.5 Å². The predicted molar refractivity (Wildman–Crippen MR) is 120 cm³/mol. The largest absolute Gasteiger partial charge is 0.299 e. The second kappa shape index (κ2) is 8.64. The number of nitrogens with one attached hydrogen (secondary N) is 1. The summed E-state index contributed by atoms with van der Waals surface area (Å²) in [7, 11) is 0. The van der Waals surface area contributed by atoms with Crippen molar-refractivity contribution in [1.29, 1.82) is 0 Å². The fraction of sp³-hybridized carbons (Fsp3) is 0. The number of halogens is 1. The maximum absolute atomic E-state index is 12.1. The maximum atomic E-state index is 12.1. The first-order valence-electron chi connectivity index (χ1n) is 8.26. The Morgan fingerprint density at radius 1 is 1.07 bits per heavy atom. The van der Waals surface area contributed by atoms with Crippen LogP contribution in [0.15, 0.2) is 79.6 Å². The van der Waals surface area contributed by atoms with Gasteiger partial charge < -0.3 is 0 Å². The number of carbonyl (C=O) groups is 1. The summed E-state index contributed by atoms with van der Waals surface area (Å²) in [4.78, 5) is 17.2. The van der Waals surface area contributed by atoms with E-state index in [1.54, 1.807) is 17.6 Å². The second-order valence-corrected chi connectivity index (χ2v) is 8.51. The lowest BCUT2D eigenvalue weighted by atomic mass is 10.2. The summed E-state index contributed by atoms with van der Waals surface area (Å²) in [6, 6.07) is 17.7. The minimum atomic E-state index is -0.179. The molecule has 2 heterocycles. The van der Waals surface area contributed by atoms with E-state index in [0.717, 1.165) is 26.3 Å². The number of thioether (sulfide) groups is 1. The van der Waals surface area contributed by atoms with Gasteiger partial charge in [-0.2, -0.15) is 5.10 Å². The van der Waals surface area contributed by atoms with Crippen LogP contribution in [0, 0.1) is 0 Å². The molecular formula is C20H13BrN4OS2. The maximum Gasteiger partial charge on any atom is 0.264 e. The zero-order valence-electron chi connectivity index (χ0n) is 14.4. The van der Waals surface area contributed by atoms with E-state index in [1.165, 1.54) is 11.8 Å². The molecule has 1 fully saturated rings. The highest BCUT2D eigenvalue weighted by Gasteiger charge is 2.23. The molecule has 1 aliphatic heterocycles. The number of thiazole rings is 1. The monoisotopic (exact) mass is 468 g/mol.